The number of rotatable bonds is 7. The Morgan fingerprint density at radius 3 is 2.66 bits per heavy atom. The first-order valence-corrected chi connectivity index (χ1v) is 10.7. The van der Waals surface area contributed by atoms with Gasteiger partial charge in [-0.3, -0.25) is 14.9 Å². The third-order valence-corrected chi connectivity index (χ3v) is 5.75. The zero-order valence-corrected chi connectivity index (χ0v) is 17.5. The average molecular weight is 415 g/mol. The lowest BCUT2D eigenvalue weighted by molar-refractivity contribution is -0.118. The first-order valence-electron chi connectivity index (χ1n) is 9.84. The second kappa shape index (κ2) is 9.65. The number of carbonyl (C=O) groups excluding carboxylic acids is 3. The highest BCUT2D eigenvalue weighted by Crippen LogP contribution is 2.31. The van der Waals surface area contributed by atoms with Crippen LogP contribution in [0.25, 0.3) is 0 Å². The highest BCUT2D eigenvalue weighted by atomic mass is 32.1. The Bertz CT molecular complexity index is 903. The Balaban J connectivity index is 1.63. The zero-order chi connectivity index (χ0) is 20.8. The van der Waals surface area contributed by atoms with Crippen LogP contribution in [0.2, 0.25) is 0 Å². The van der Waals surface area contributed by atoms with Crippen LogP contribution in [0, 0.1) is 12.8 Å². The molecule has 1 heterocycles. The number of ketones is 1. The summed E-state index contributed by atoms with van der Waals surface area (Å²) in [6, 6.07) is 5.07. The lowest BCUT2D eigenvalue weighted by Gasteiger charge is -2.14. The van der Waals surface area contributed by atoms with Crippen molar-refractivity contribution >= 4 is 39.9 Å². The van der Waals surface area contributed by atoms with Gasteiger partial charge in [0.1, 0.15) is 0 Å². The molecule has 29 heavy (non-hydrogen) atoms. The van der Waals surface area contributed by atoms with Crippen molar-refractivity contribution in [2.75, 3.05) is 17.2 Å². The monoisotopic (exact) mass is 414 g/mol. The number of hydrogen-bond acceptors (Lipinski definition) is 5. The number of aromatic nitrogens is 1. The molecule has 0 radical (unpaired) electrons. The standard InChI is InChI=1S/C21H26N4O3S/c1-13-7-8-18(17(11-13)19(27)15-5-3-4-6-15)24-20(28)25-21-23-16(12-29-21)9-10-22-14(2)26/h7-8,11-12,15H,3-6,9-10H2,1-2H3,(H,22,26)(H2,23,24,25,28). The molecule has 0 unspecified atom stereocenters. The molecule has 3 N–H and O–H groups in total. The minimum atomic E-state index is -0.433. The van der Waals surface area contributed by atoms with E-state index in [-0.39, 0.29) is 17.6 Å². The number of Topliss-reactive ketones (excluding diaryl/α,β-unsaturated/α-hetero) is 1. The Labute approximate surface area is 174 Å². The predicted octanol–water partition coefficient (Wildman–Crippen LogP) is 4.15. The first kappa shape index (κ1) is 21.0. The summed E-state index contributed by atoms with van der Waals surface area (Å²) in [6.45, 7) is 3.91. The molecule has 0 bridgehead atoms. The topological polar surface area (TPSA) is 100 Å². The maximum absolute atomic E-state index is 12.9. The van der Waals surface area contributed by atoms with Gasteiger partial charge in [-0.2, -0.15) is 0 Å². The van der Waals surface area contributed by atoms with Crippen molar-refractivity contribution in [1.29, 1.82) is 0 Å². The third kappa shape index (κ3) is 5.87. The van der Waals surface area contributed by atoms with Crippen LogP contribution in [0.3, 0.4) is 0 Å². The molecule has 2 aromatic rings. The molecule has 1 aliphatic carbocycles. The number of urea groups is 1. The van der Waals surface area contributed by atoms with E-state index in [0.29, 0.717) is 29.3 Å². The summed E-state index contributed by atoms with van der Waals surface area (Å²) in [5.41, 5.74) is 2.88. The van der Waals surface area contributed by atoms with Crippen molar-refractivity contribution < 1.29 is 14.4 Å². The molecule has 0 aliphatic heterocycles. The molecule has 0 spiro atoms. The number of benzene rings is 1. The smallest absolute Gasteiger partial charge is 0.325 e. The summed E-state index contributed by atoms with van der Waals surface area (Å²) in [5, 5.41) is 10.5. The van der Waals surface area contributed by atoms with Crippen LogP contribution in [0.15, 0.2) is 23.6 Å². The van der Waals surface area contributed by atoms with E-state index in [1.807, 2.05) is 24.4 Å². The Morgan fingerprint density at radius 2 is 1.93 bits per heavy atom. The molecule has 154 valence electrons. The fourth-order valence-corrected chi connectivity index (χ4v) is 4.22. The number of nitrogens with one attached hydrogen (secondary N) is 3. The summed E-state index contributed by atoms with van der Waals surface area (Å²) < 4.78 is 0. The SMILES string of the molecule is CC(=O)NCCc1csc(NC(=O)Nc2ccc(C)cc2C(=O)C2CCCC2)n1. The van der Waals surface area contributed by atoms with Gasteiger partial charge in [0, 0.05) is 36.8 Å². The highest BCUT2D eigenvalue weighted by molar-refractivity contribution is 7.13. The number of anilines is 2. The second-order valence-electron chi connectivity index (χ2n) is 7.35. The van der Waals surface area contributed by atoms with Crippen molar-refractivity contribution in [1.82, 2.24) is 10.3 Å². The van der Waals surface area contributed by atoms with Crippen LogP contribution in [-0.4, -0.2) is 29.3 Å². The maximum Gasteiger partial charge on any atom is 0.325 e. The summed E-state index contributed by atoms with van der Waals surface area (Å²) in [4.78, 5) is 40.6. The number of aryl methyl sites for hydroxylation is 1. The van der Waals surface area contributed by atoms with Gasteiger partial charge < -0.3 is 10.6 Å². The Hall–Kier alpha value is -2.74. The minimum absolute atomic E-state index is 0.0468. The fourth-order valence-electron chi connectivity index (χ4n) is 3.48. The van der Waals surface area contributed by atoms with Gasteiger partial charge in [-0.1, -0.05) is 24.5 Å². The van der Waals surface area contributed by atoms with E-state index < -0.39 is 6.03 Å². The fraction of sp³-hybridized carbons (Fsp3) is 0.429. The summed E-state index contributed by atoms with van der Waals surface area (Å²) in [7, 11) is 0. The van der Waals surface area contributed by atoms with Gasteiger partial charge in [0.2, 0.25) is 5.91 Å². The van der Waals surface area contributed by atoms with Crippen LogP contribution in [0.4, 0.5) is 15.6 Å². The summed E-state index contributed by atoms with van der Waals surface area (Å²) >= 11 is 1.32. The van der Waals surface area contributed by atoms with E-state index in [9.17, 15) is 14.4 Å². The molecular formula is C21H26N4O3S. The maximum atomic E-state index is 12.9. The molecule has 8 heteroatoms. The van der Waals surface area contributed by atoms with Gasteiger partial charge in [-0.05, 0) is 31.9 Å². The molecule has 1 saturated carbocycles. The van der Waals surface area contributed by atoms with Gasteiger partial charge in [0.15, 0.2) is 10.9 Å². The van der Waals surface area contributed by atoms with E-state index in [0.717, 1.165) is 36.9 Å². The molecule has 3 rings (SSSR count). The molecule has 1 aliphatic rings. The molecule has 1 fully saturated rings. The van der Waals surface area contributed by atoms with Crippen molar-refractivity contribution in [2.45, 2.75) is 46.0 Å². The van der Waals surface area contributed by atoms with Crippen LogP contribution in [0.1, 0.15) is 54.2 Å². The summed E-state index contributed by atoms with van der Waals surface area (Å²) in [5.74, 6) is 0.0700. The van der Waals surface area contributed by atoms with Gasteiger partial charge in [-0.15, -0.1) is 11.3 Å². The van der Waals surface area contributed by atoms with Crippen LogP contribution in [-0.2, 0) is 11.2 Å². The lowest BCUT2D eigenvalue weighted by Crippen LogP contribution is -2.23. The van der Waals surface area contributed by atoms with Gasteiger partial charge in [0.25, 0.3) is 0 Å². The van der Waals surface area contributed by atoms with Crippen LogP contribution in [0.5, 0.6) is 0 Å². The van der Waals surface area contributed by atoms with E-state index in [2.05, 4.69) is 20.9 Å². The number of nitrogens with zero attached hydrogens (tertiary/aromatic N) is 1. The third-order valence-electron chi connectivity index (χ3n) is 4.94. The zero-order valence-electron chi connectivity index (χ0n) is 16.7. The van der Waals surface area contributed by atoms with Gasteiger partial charge >= 0.3 is 6.03 Å². The Kier molecular flexibility index (Phi) is 6.98. The predicted molar refractivity (Wildman–Crippen MR) is 115 cm³/mol. The van der Waals surface area contributed by atoms with E-state index in [4.69, 9.17) is 0 Å². The highest BCUT2D eigenvalue weighted by Gasteiger charge is 2.26. The second-order valence-corrected chi connectivity index (χ2v) is 8.21. The van der Waals surface area contributed by atoms with Crippen molar-refractivity contribution in [3.63, 3.8) is 0 Å². The summed E-state index contributed by atoms with van der Waals surface area (Å²) in [6.07, 6.45) is 4.59. The molecule has 1 aromatic carbocycles. The number of thiazole rings is 1. The normalized spacial score (nSPS) is 13.9. The van der Waals surface area contributed by atoms with Crippen molar-refractivity contribution in [3.05, 3.63) is 40.4 Å². The van der Waals surface area contributed by atoms with Crippen LogP contribution >= 0.6 is 11.3 Å². The van der Waals surface area contributed by atoms with E-state index >= 15 is 0 Å². The number of carbonyl (C=O) groups is 3. The molecule has 1 aromatic heterocycles. The largest absolute Gasteiger partial charge is 0.356 e. The Morgan fingerprint density at radius 1 is 1.17 bits per heavy atom. The molecule has 0 saturated heterocycles. The first-order chi connectivity index (χ1) is 13.9. The molecule has 3 amide bonds. The van der Waals surface area contributed by atoms with Crippen LogP contribution < -0.4 is 16.0 Å². The van der Waals surface area contributed by atoms with Crippen molar-refractivity contribution in [3.8, 4) is 0 Å². The average Bonchev–Trinajstić information content (AvgIpc) is 3.34. The lowest BCUT2D eigenvalue weighted by atomic mass is 9.94. The van der Waals surface area contributed by atoms with Gasteiger partial charge in [0.05, 0.1) is 11.4 Å². The number of hydrogen-bond donors (Lipinski definition) is 3. The van der Waals surface area contributed by atoms with E-state index in [1.54, 1.807) is 6.07 Å². The quantitative estimate of drug-likeness (QED) is 0.593. The molecular weight excluding hydrogens is 388 g/mol. The number of amides is 3. The minimum Gasteiger partial charge on any atom is -0.356 e. The molecule has 7 nitrogen and oxygen atoms in total. The van der Waals surface area contributed by atoms with Gasteiger partial charge in [-0.25, -0.2) is 9.78 Å². The van der Waals surface area contributed by atoms with E-state index in [1.165, 1.54) is 18.3 Å². The molecule has 0 atom stereocenters. The van der Waals surface area contributed by atoms with Crippen molar-refractivity contribution in [2.24, 2.45) is 5.92 Å².